The molecule has 1 amide bonds. The van der Waals surface area contributed by atoms with Gasteiger partial charge in [-0.3, -0.25) is 4.79 Å². The minimum Gasteiger partial charge on any atom is -0.459 e. The van der Waals surface area contributed by atoms with Crippen molar-refractivity contribution in [2.75, 3.05) is 5.32 Å². The Morgan fingerprint density at radius 2 is 2.14 bits per heavy atom. The number of hydrogen-bond donors (Lipinski definition) is 1. The molecule has 0 aliphatic rings. The molecule has 0 saturated heterocycles. The molecule has 112 valence electrons. The fraction of sp³-hybridized carbons (Fsp3) is 0.400. The predicted octanol–water partition coefficient (Wildman–Crippen LogP) is 3.60. The van der Waals surface area contributed by atoms with Gasteiger partial charge in [0.2, 0.25) is 5.91 Å². The molecular formula is C15H18N2O3S. The number of benzene rings is 1. The van der Waals surface area contributed by atoms with Crippen LogP contribution in [0.5, 0.6) is 0 Å². The quantitative estimate of drug-likeness (QED) is 0.857. The number of fused-ring (bicyclic) bond motifs is 1. The third-order valence-corrected chi connectivity index (χ3v) is 3.62. The summed E-state index contributed by atoms with van der Waals surface area (Å²) in [6.45, 7) is 5.57. The Labute approximate surface area is 127 Å². The summed E-state index contributed by atoms with van der Waals surface area (Å²) >= 11 is 1.35. The van der Waals surface area contributed by atoms with Crippen LogP contribution >= 0.6 is 11.3 Å². The largest absolute Gasteiger partial charge is 0.459 e. The van der Waals surface area contributed by atoms with Crippen molar-refractivity contribution in [1.82, 2.24) is 4.98 Å². The van der Waals surface area contributed by atoms with Crippen LogP contribution in [0.3, 0.4) is 0 Å². The topological polar surface area (TPSA) is 68.3 Å². The molecule has 21 heavy (non-hydrogen) atoms. The molecule has 1 aromatic carbocycles. The number of esters is 1. The van der Waals surface area contributed by atoms with E-state index in [1.165, 1.54) is 11.3 Å². The summed E-state index contributed by atoms with van der Waals surface area (Å²) in [5, 5.41) is 3.32. The van der Waals surface area contributed by atoms with Crippen LogP contribution in [-0.4, -0.2) is 23.0 Å². The van der Waals surface area contributed by atoms with Gasteiger partial charge in [-0.1, -0.05) is 18.3 Å². The van der Waals surface area contributed by atoms with Gasteiger partial charge in [0.05, 0.1) is 21.9 Å². The van der Waals surface area contributed by atoms with Gasteiger partial charge in [0, 0.05) is 6.42 Å². The average molecular weight is 306 g/mol. The number of carbonyl (C=O) groups is 2. The molecule has 2 rings (SSSR count). The number of thiazole rings is 1. The number of nitrogens with one attached hydrogen (secondary N) is 1. The first-order chi connectivity index (χ1) is 9.99. The Bertz CT molecular complexity index is 664. The summed E-state index contributed by atoms with van der Waals surface area (Å²) in [4.78, 5) is 27.8. The lowest BCUT2D eigenvalue weighted by molar-refractivity contribution is -0.116. The molecule has 2 aromatic rings. The highest BCUT2D eigenvalue weighted by Gasteiger charge is 2.12. The first kappa shape index (κ1) is 15.4. The van der Waals surface area contributed by atoms with Crippen molar-refractivity contribution in [2.45, 2.75) is 39.7 Å². The van der Waals surface area contributed by atoms with Gasteiger partial charge >= 0.3 is 5.97 Å². The fourth-order valence-corrected chi connectivity index (χ4v) is 2.72. The maximum Gasteiger partial charge on any atom is 0.338 e. The van der Waals surface area contributed by atoms with Crippen molar-refractivity contribution in [3.63, 3.8) is 0 Å². The van der Waals surface area contributed by atoms with Gasteiger partial charge in [-0.2, -0.15) is 0 Å². The molecule has 1 heterocycles. The molecule has 1 aromatic heterocycles. The maximum absolute atomic E-state index is 11.9. The third kappa shape index (κ3) is 4.01. The normalized spacial score (nSPS) is 10.9. The van der Waals surface area contributed by atoms with E-state index in [0.717, 1.165) is 16.6 Å². The molecule has 1 N–H and O–H groups in total. The van der Waals surface area contributed by atoms with Crippen LogP contribution < -0.4 is 5.32 Å². The Kier molecular flexibility index (Phi) is 4.90. The third-order valence-electron chi connectivity index (χ3n) is 2.69. The van der Waals surface area contributed by atoms with Gasteiger partial charge < -0.3 is 10.1 Å². The van der Waals surface area contributed by atoms with Crippen molar-refractivity contribution in [2.24, 2.45) is 0 Å². The highest BCUT2D eigenvalue weighted by atomic mass is 32.1. The van der Waals surface area contributed by atoms with E-state index < -0.39 is 0 Å². The molecule has 0 radical (unpaired) electrons. The minimum atomic E-state index is -0.350. The first-order valence-corrected chi connectivity index (χ1v) is 7.72. The Morgan fingerprint density at radius 1 is 1.38 bits per heavy atom. The average Bonchev–Trinajstić information content (AvgIpc) is 2.78. The SMILES string of the molecule is CCCC(=O)Nc1nc2ccc(C(=O)OC(C)C)cc2s1. The van der Waals surface area contributed by atoms with E-state index in [9.17, 15) is 9.59 Å². The lowest BCUT2D eigenvalue weighted by Gasteiger charge is -2.07. The number of hydrogen-bond acceptors (Lipinski definition) is 5. The van der Waals surface area contributed by atoms with Gasteiger partial charge in [-0.25, -0.2) is 9.78 Å². The van der Waals surface area contributed by atoms with Gasteiger partial charge in [0.25, 0.3) is 0 Å². The van der Waals surface area contributed by atoms with Crippen LogP contribution in [0.15, 0.2) is 18.2 Å². The molecule has 0 spiro atoms. The molecule has 0 aliphatic heterocycles. The van der Waals surface area contributed by atoms with E-state index in [0.29, 0.717) is 17.1 Å². The second-order valence-corrected chi connectivity index (χ2v) is 5.98. The van der Waals surface area contributed by atoms with Gasteiger partial charge in [-0.15, -0.1) is 0 Å². The van der Waals surface area contributed by atoms with Crippen LogP contribution in [-0.2, 0) is 9.53 Å². The molecule has 0 saturated carbocycles. The van der Waals surface area contributed by atoms with Crippen molar-refractivity contribution >= 4 is 38.6 Å². The number of nitrogens with zero attached hydrogens (tertiary/aromatic N) is 1. The van der Waals surface area contributed by atoms with E-state index >= 15 is 0 Å². The summed E-state index contributed by atoms with van der Waals surface area (Å²) in [7, 11) is 0. The molecular weight excluding hydrogens is 288 g/mol. The molecule has 5 nitrogen and oxygen atoms in total. The number of amides is 1. The monoisotopic (exact) mass is 306 g/mol. The lowest BCUT2D eigenvalue weighted by Crippen LogP contribution is -2.11. The van der Waals surface area contributed by atoms with Crippen LogP contribution in [0.4, 0.5) is 5.13 Å². The number of carbonyl (C=O) groups excluding carboxylic acids is 2. The predicted molar refractivity (Wildman–Crippen MR) is 83.7 cm³/mol. The summed E-state index contributed by atoms with van der Waals surface area (Å²) in [6, 6.07) is 5.19. The van der Waals surface area contributed by atoms with Crippen LogP contribution in [0.25, 0.3) is 10.2 Å². The van der Waals surface area contributed by atoms with Gasteiger partial charge in [-0.05, 0) is 38.5 Å². The first-order valence-electron chi connectivity index (χ1n) is 6.91. The van der Waals surface area contributed by atoms with Crippen LogP contribution in [0.2, 0.25) is 0 Å². The smallest absolute Gasteiger partial charge is 0.338 e. The lowest BCUT2D eigenvalue weighted by atomic mass is 10.2. The van der Waals surface area contributed by atoms with Gasteiger partial charge in [0.15, 0.2) is 5.13 Å². The van der Waals surface area contributed by atoms with E-state index in [1.807, 2.05) is 20.8 Å². The fourth-order valence-electron chi connectivity index (χ4n) is 1.80. The van der Waals surface area contributed by atoms with Crippen LogP contribution in [0, 0.1) is 0 Å². The van der Waals surface area contributed by atoms with E-state index in [-0.39, 0.29) is 18.0 Å². The Hall–Kier alpha value is -1.95. The molecule has 0 atom stereocenters. The molecule has 6 heteroatoms. The Balaban J connectivity index is 2.20. The number of rotatable bonds is 5. The Morgan fingerprint density at radius 3 is 2.81 bits per heavy atom. The zero-order valence-electron chi connectivity index (χ0n) is 12.3. The molecule has 0 fully saturated rings. The minimum absolute atomic E-state index is 0.0454. The van der Waals surface area contributed by atoms with E-state index in [4.69, 9.17) is 4.74 Å². The molecule has 0 aliphatic carbocycles. The van der Waals surface area contributed by atoms with Crippen molar-refractivity contribution in [3.8, 4) is 0 Å². The number of anilines is 1. The van der Waals surface area contributed by atoms with Crippen molar-refractivity contribution < 1.29 is 14.3 Å². The number of ether oxygens (including phenoxy) is 1. The second kappa shape index (κ2) is 6.67. The highest BCUT2D eigenvalue weighted by molar-refractivity contribution is 7.22. The zero-order valence-corrected chi connectivity index (χ0v) is 13.1. The van der Waals surface area contributed by atoms with Crippen molar-refractivity contribution in [3.05, 3.63) is 23.8 Å². The van der Waals surface area contributed by atoms with Crippen LogP contribution in [0.1, 0.15) is 44.0 Å². The van der Waals surface area contributed by atoms with E-state index in [1.54, 1.807) is 18.2 Å². The summed E-state index contributed by atoms with van der Waals surface area (Å²) in [5.74, 6) is -0.395. The maximum atomic E-state index is 11.9. The van der Waals surface area contributed by atoms with E-state index in [2.05, 4.69) is 10.3 Å². The summed E-state index contributed by atoms with van der Waals surface area (Å²) in [5.41, 5.74) is 1.25. The second-order valence-electron chi connectivity index (χ2n) is 4.95. The van der Waals surface area contributed by atoms with Gasteiger partial charge in [0.1, 0.15) is 0 Å². The summed E-state index contributed by atoms with van der Waals surface area (Å²) < 4.78 is 6.01. The summed E-state index contributed by atoms with van der Waals surface area (Å²) in [6.07, 6.45) is 1.11. The van der Waals surface area contributed by atoms with Crippen molar-refractivity contribution in [1.29, 1.82) is 0 Å². The number of aromatic nitrogens is 1. The zero-order chi connectivity index (χ0) is 15.4. The molecule has 0 unspecified atom stereocenters. The highest BCUT2D eigenvalue weighted by Crippen LogP contribution is 2.27. The molecule has 0 bridgehead atoms. The standard InChI is InChI=1S/C15H18N2O3S/c1-4-5-13(18)17-15-16-11-7-6-10(8-12(11)21-15)14(19)20-9(2)3/h6-9H,4-5H2,1-3H3,(H,16,17,18).